The van der Waals surface area contributed by atoms with Crippen LogP contribution in [0.4, 0.5) is 5.69 Å². The molecule has 1 aliphatic carbocycles. The number of nitrogens with zero attached hydrogens (tertiary/aromatic N) is 3. The molecule has 0 radical (unpaired) electrons. The van der Waals surface area contributed by atoms with Gasteiger partial charge >= 0.3 is 0 Å². The third kappa shape index (κ3) is 3.59. The van der Waals surface area contributed by atoms with Gasteiger partial charge in [-0.25, -0.2) is 0 Å². The third-order valence-corrected chi connectivity index (χ3v) is 7.10. The van der Waals surface area contributed by atoms with Gasteiger partial charge < -0.3 is 15.0 Å². The average Bonchev–Trinajstić information content (AvgIpc) is 3.10. The lowest BCUT2D eigenvalue weighted by molar-refractivity contribution is 0.111. The lowest BCUT2D eigenvalue weighted by atomic mass is 9.91. The molecule has 0 amide bonds. The fourth-order valence-electron chi connectivity index (χ4n) is 5.19. The molecule has 1 saturated carbocycles. The summed E-state index contributed by atoms with van der Waals surface area (Å²) >= 11 is 0. The minimum atomic E-state index is -0.177. The second kappa shape index (κ2) is 7.39. The number of fused-ring (bicyclic) bond motifs is 2. The van der Waals surface area contributed by atoms with Gasteiger partial charge in [0.05, 0.1) is 29.1 Å². The van der Waals surface area contributed by atoms with Gasteiger partial charge in [0.25, 0.3) is 0 Å². The van der Waals surface area contributed by atoms with Gasteiger partial charge in [0, 0.05) is 46.0 Å². The average molecular weight is 415 g/mol. The minimum absolute atomic E-state index is 0.0648. The monoisotopic (exact) mass is 414 g/mol. The Morgan fingerprint density at radius 1 is 1.19 bits per heavy atom. The summed E-state index contributed by atoms with van der Waals surface area (Å²) in [5.41, 5.74) is 7.40. The molecule has 3 heterocycles. The quantitative estimate of drug-likeness (QED) is 0.581. The van der Waals surface area contributed by atoms with Crippen LogP contribution in [0.25, 0.3) is 22.0 Å². The number of pyridine rings is 1. The van der Waals surface area contributed by atoms with Crippen molar-refractivity contribution >= 4 is 16.6 Å². The zero-order valence-corrected chi connectivity index (χ0v) is 18.6. The molecular weight excluding hydrogens is 384 g/mol. The van der Waals surface area contributed by atoms with Gasteiger partial charge in [-0.15, -0.1) is 0 Å². The van der Waals surface area contributed by atoms with E-state index in [4.69, 9.17) is 4.98 Å². The summed E-state index contributed by atoms with van der Waals surface area (Å²) in [5.74, 6) is 0. The molecule has 1 aliphatic heterocycles. The van der Waals surface area contributed by atoms with Crippen LogP contribution in [0, 0.1) is 18.3 Å². The Kier molecular flexibility index (Phi) is 4.79. The Bertz CT molecular complexity index is 1190. The number of benzene rings is 1. The van der Waals surface area contributed by atoms with Gasteiger partial charge in [-0.05, 0) is 83.1 Å². The first-order valence-electron chi connectivity index (χ1n) is 11.4. The smallest absolute Gasteiger partial charge is 0.0994 e. The zero-order valence-electron chi connectivity index (χ0n) is 18.6. The minimum Gasteiger partial charge on any atom is -0.393 e. The molecule has 160 valence electrons. The van der Waals surface area contributed by atoms with Crippen molar-refractivity contribution in [2.45, 2.75) is 77.0 Å². The van der Waals surface area contributed by atoms with E-state index >= 15 is 0 Å². The van der Waals surface area contributed by atoms with E-state index in [9.17, 15) is 10.4 Å². The van der Waals surface area contributed by atoms with E-state index in [0.717, 1.165) is 77.5 Å². The lowest BCUT2D eigenvalue weighted by Crippen LogP contribution is -2.35. The topological polar surface area (TPSA) is 73.9 Å². The molecule has 0 unspecified atom stereocenters. The molecule has 31 heavy (non-hydrogen) atoms. The summed E-state index contributed by atoms with van der Waals surface area (Å²) in [7, 11) is 0. The molecule has 1 aromatic carbocycles. The molecule has 2 aliphatic rings. The van der Waals surface area contributed by atoms with Gasteiger partial charge in [-0.3, -0.25) is 4.98 Å². The van der Waals surface area contributed by atoms with Crippen LogP contribution >= 0.6 is 0 Å². The molecule has 3 aromatic rings. The summed E-state index contributed by atoms with van der Waals surface area (Å²) in [6.07, 6.45) is 9.73. The summed E-state index contributed by atoms with van der Waals surface area (Å²) in [5, 5.41) is 24.4. The summed E-state index contributed by atoms with van der Waals surface area (Å²) in [6.45, 7) is 6.47. The van der Waals surface area contributed by atoms with Crippen molar-refractivity contribution in [1.29, 1.82) is 5.26 Å². The van der Waals surface area contributed by atoms with Crippen LogP contribution in [0.3, 0.4) is 0 Å². The highest BCUT2D eigenvalue weighted by Gasteiger charge is 2.27. The summed E-state index contributed by atoms with van der Waals surface area (Å²) in [6, 6.07) is 9.12. The zero-order chi connectivity index (χ0) is 21.8. The maximum atomic E-state index is 9.98. The number of nitrogens with one attached hydrogen (secondary N) is 1. The molecule has 0 saturated heterocycles. The molecular formula is C26H30N4O. The van der Waals surface area contributed by atoms with E-state index in [-0.39, 0.29) is 11.6 Å². The number of aliphatic hydroxyl groups excluding tert-OH is 1. The molecule has 0 spiro atoms. The number of rotatable bonds is 2. The molecule has 5 nitrogen and oxygen atoms in total. The van der Waals surface area contributed by atoms with E-state index in [1.165, 1.54) is 5.52 Å². The molecule has 0 atom stereocenters. The molecule has 0 bridgehead atoms. The van der Waals surface area contributed by atoms with E-state index < -0.39 is 0 Å². The van der Waals surface area contributed by atoms with Gasteiger partial charge in [0.15, 0.2) is 0 Å². The molecule has 1 fully saturated rings. The Morgan fingerprint density at radius 3 is 2.71 bits per heavy atom. The molecule has 5 rings (SSSR count). The number of aliphatic hydroxyl groups is 1. The third-order valence-electron chi connectivity index (χ3n) is 7.10. The molecule has 2 aromatic heterocycles. The van der Waals surface area contributed by atoms with Crippen molar-refractivity contribution in [3.63, 3.8) is 0 Å². The van der Waals surface area contributed by atoms with E-state index in [1.54, 1.807) is 0 Å². The highest BCUT2D eigenvalue weighted by Crippen LogP contribution is 2.40. The van der Waals surface area contributed by atoms with Gasteiger partial charge in [0.1, 0.15) is 0 Å². The van der Waals surface area contributed by atoms with Crippen molar-refractivity contribution in [2.24, 2.45) is 0 Å². The van der Waals surface area contributed by atoms with Crippen molar-refractivity contribution < 1.29 is 5.11 Å². The van der Waals surface area contributed by atoms with Crippen molar-refractivity contribution in [2.75, 3.05) is 5.32 Å². The number of hydrogen-bond donors (Lipinski definition) is 2. The van der Waals surface area contributed by atoms with Crippen LogP contribution in [0.5, 0.6) is 0 Å². The van der Waals surface area contributed by atoms with Gasteiger partial charge in [-0.2, -0.15) is 5.26 Å². The standard InChI is InChI=1S/C26H30N4O/c1-16-10-25-21(11-17(16)13-27)22(15-30(25)19-4-6-20(31)7-5-19)18-12-24-23(28-14-18)8-9-26(2,3)29-24/h10-12,14-15,19-20,29,31H,4-9H2,1-3H3. The first-order valence-corrected chi connectivity index (χ1v) is 11.4. The Hall–Kier alpha value is -2.84. The Balaban J connectivity index is 1.66. The Morgan fingerprint density at radius 2 is 1.97 bits per heavy atom. The first-order chi connectivity index (χ1) is 14.8. The normalized spacial score (nSPS) is 22.5. The predicted octanol–water partition coefficient (Wildman–Crippen LogP) is 5.50. The van der Waals surface area contributed by atoms with E-state index in [1.807, 2.05) is 19.2 Å². The Labute approximate surface area is 183 Å². The largest absolute Gasteiger partial charge is 0.393 e. The van der Waals surface area contributed by atoms with Crippen LogP contribution in [-0.2, 0) is 6.42 Å². The molecule has 5 heteroatoms. The maximum Gasteiger partial charge on any atom is 0.0994 e. The van der Waals surface area contributed by atoms with Gasteiger partial charge in [-0.1, -0.05) is 0 Å². The second-order valence-electron chi connectivity index (χ2n) is 9.94. The SMILES string of the molecule is Cc1cc2c(cc1C#N)c(-c1cnc3c(c1)NC(C)(C)CC3)cn2C1CCC(O)CC1. The molecule has 2 N–H and O–H groups in total. The summed E-state index contributed by atoms with van der Waals surface area (Å²) in [4.78, 5) is 4.79. The van der Waals surface area contributed by atoms with Crippen LogP contribution < -0.4 is 5.32 Å². The number of aromatic nitrogens is 2. The second-order valence-corrected chi connectivity index (χ2v) is 9.94. The number of nitriles is 1. The number of hydrogen-bond acceptors (Lipinski definition) is 4. The maximum absolute atomic E-state index is 9.98. The van der Waals surface area contributed by atoms with Crippen LogP contribution in [0.15, 0.2) is 30.6 Å². The van der Waals surface area contributed by atoms with E-state index in [0.29, 0.717) is 6.04 Å². The predicted molar refractivity (Wildman–Crippen MR) is 124 cm³/mol. The highest BCUT2D eigenvalue weighted by atomic mass is 16.3. The van der Waals surface area contributed by atoms with Crippen molar-refractivity contribution in [1.82, 2.24) is 9.55 Å². The van der Waals surface area contributed by atoms with Crippen LogP contribution in [-0.4, -0.2) is 26.3 Å². The number of aryl methyl sites for hydroxylation is 2. The lowest BCUT2D eigenvalue weighted by Gasteiger charge is -2.33. The van der Waals surface area contributed by atoms with E-state index in [2.05, 4.69) is 48.1 Å². The number of anilines is 1. The summed E-state index contributed by atoms with van der Waals surface area (Å²) < 4.78 is 2.38. The van der Waals surface area contributed by atoms with Crippen LogP contribution in [0.2, 0.25) is 0 Å². The van der Waals surface area contributed by atoms with Crippen LogP contribution in [0.1, 0.15) is 68.8 Å². The van der Waals surface area contributed by atoms with Gasteiger partial charge in [0.2, 0.25) is 0 Å². The fourth-order valence-corrected chi connectivity index (χ4v) is 5.19. The highest BCUT2D eigenvalue weighted by molar-refractivity contribution is 5.98. The fraction of sp³-hybridized carbons (Fsp3) is 0.462. The van der Waals surface area contributed by atoms with Crippen molar-refractivity contribution in [3.05, 3.63) is 47.4 Å². The van der Waals surface area contributed by atoms with Crippen molar-refractivity contribution in [3.8, 4) is 17.2 Å². The first kappa shape index (κ1) is 20.1.